The summed E-state index contributed by atoms with van der Waals surface area (Å²) in [4.78, 5) is 43.8. The van der Waals surface area contributed by atoms with Gasteiger partial charge in [-0.3, -0.25) is 9.59 Å². The number of nitrogens with zero attached hydrogens (tertiary/aromatic N) is 3. The molecule has 44 heavy (non-hydrogen) atoms. The Morgan fingerprint density at radius 3 is 2.39 bits per heavy atom. The average molecular weight is 645 g/mol. The van der Waals surface area contributed by atoms with Crippen molar-refractivity contribution in [3.63, 3.8) is 0 Å². The van der Waals surface area contributed by atoms with Crippen molar-refractivity contribution in [3.8, 4) is 0 Å². The molecule has 3 amide bonds. The van der Waals surface area contributed by atoms with Crippen LogP contribution in [0.25, 0.3) is 0 Å². The van der Waals surface area contributed by atoms with Gasteiger partial charge in [-0.15, -0.1) is 11.3 Å². The fourth-order valence-electron chi connectivity index (χ4n) is 7.54. The molecular weight excluding hydrogens is 601 g/mol. The summed E-state index contributed by atoms with van der Waals surface area (Å²) < 4.78 is 34.3. The number of rotatable bonds is 8. The zero-order valence-electron chi connectivity index (χ0n) is 26.6. The summed E-state index contributed by atoms with van der Waals surface area (Å²) in [5, 5.41) is 3.36. The molecule has 3 heterocycles. The Labute approximate surface area is 264 Å². The lowest BCUT2D eigenvalue weighted by atomic mass is 9.65. The van der Waals surface area contributed by atoms with Crippen LogP contribution in [0.15, 0.2) is 29.2 Å². The Bertz CT molecular complexity index is 1550. The first-order valence-electron chi connectivity index (χ1n) is 15.5. The van der Waals surface area contributed by atoms with Gasteiger partial charge in [0.2, 0.25) is 10.0 Å². The molecule has 1 saturated heterocycles. The number of ether oxygens (including phenoxy) is 1. The molecule has 240 valence electrons. The lowest BCUT2D eigenvalue weighted by Crippen LogP contribution is -2.37. The van der Waals surface area contributed by atoms with E-state index in [9.17, 15) is 22.8 Å². The third kappa shape index (κ3) is 6.12. The van der Waals surface area contributed by atoms with E-state index in [1.54, 1.807) is 21.0 Å². The van der Waals surface area contributed by atoms with Crippen LogP contribution in [0.5, 0.6) is 0 Å². The van der Waals surface area contributed by atoms with E-state index < -0.39 is 22.0 Å². The number of anilines is 1. The summed E-state index contributed by atoms with van der Waals surface area (Å²) in [6.45, 7) is 14.7. The van der Waals surface area contributed by atoms with E-state index in [2.05, 4.69) is 26.1 Å². The zero-order valence-corrected chi connectivity index (χ0v) is 28.2. The predicted molar refractivity (Wildman–Crippen MR) is 171 cm³/mol. The number of carbonyl (C=O) groups is 3. The van der Waals surface area contributed by atoms with Crippen LogP contribution in [-0.4, -0.2) is 79.3 Å². The molecule has 0 radical (unpaired) electrons. The number of thiophene rings is 1. The van der Waals surface area contributed by atoms with Crippen LogP contribution in [0.3, 0.4) is 0 Å². The zero-order chi connectivity index (χ0) is 32.0. The van der Waals surface area contributed by atoms with Gasteiger partial charge in [0.25, 0.3) is 11.8 Å². The number of sulfonamides is 1. The number of fused-ring (bicyclic) bond motifs is 3. The third-order valence-electron chi connectivity index (χ3n) is 9.16. The van der Waals surface area contributed by atoms with Gasteiger partial charge in [0.1, 0.15) is 5.00 Å². The average Bonchev–Trinajstić information content (AvgIpc) is 3.45. The second-order valence-corrected chi connectivity index (χ2v) is 16.3. The molecule has 2 unspecified atom stereocenters. The van der Waals surface area contributed by atoms with Crippen LogP contribution in [0.1, 0.15) is 92.0 Å². The maximum Gasteiger partial charge on any atom is 0.410 e. The van der Waals surface area contributed by atoms with Crippen LogP contribution >= 0.6 is 11.3 Å². The molecule has 1 aromatic carbocycles. The molecule has 1 N–H and O–H groups in total. The Hall–Kier alpha value is -2.96. The molecule has 10 nitrogen and oxygen atoms in total. The maximum atomic E-state index is 13.7. The number of carbonyl (C=O) groups excluding carboxylic acids is 3. The second kappa shape index (κ2) is 12.1. The number of benzene rings is 1. The molecule has 1 saturated carbocycles. The summed E-state index contributed by atoms with van der Waals surface area (Å²) in [6, 6.07) is 6.02. The van der Waals surface area contributed by atoms with Crippen molar-refractivity contribution >= 4 is 44.3 Å². The molecule has 2 aliphatic heterocycles. The number of hydrogen-bond donors (Lipinski definition) is 1. The number of nitrogens with one attached hydrogen (secondary N) is 1. The van der Waals surface area contributed by atoms with Crippen molar-refractivity contribution in [1.29, 1.82) is 0 Å². The molecular formula is C32H44N4O6S2. The van der Waals surface area contributed by atoms with Crippen molar-refractivity contribution in [2.24, 2.45) is 10.8 Å². The minimum Gasteiger partial charge on any atom is -0.450 e. The summed E-state index contributed by atoms with van der Waals surface area (Å²) in [5.41, 5.74) is 1.65. The largest absolute Gasteiger partial charge is 0.450 e. The summed E-state index contributed by atoms with van der Waals surface area (Å²) in [5.74, 6) is -0.601. The van der Waals surface area contributed by atoms with E-state index >= 15 is 0 Å². The standard InChI is InChI=1S/C32H44N4O6S2/c1-7-34(8-2)29(38)26-24-14-15-35(30(39)42-9-3)18-25(24)43-28(26)33-27(37)21-10-12-23(13-11-21)44(40,41)36-20-32(6)17-22(36)16-31(4,5)19-32/h10-13,22H,7-9,14-20H2,1-6H3,(H,33,37). The van der Waals surface area contributed by atoms with E-state index in [1.807, 2.05) is 13.8 Å². The molecule has 2 fully saturated rings. The SMILES string of the molecule is CCOC(=O)N1CCc2c(sc(NC(=O)c3ccc(S(=O)(=O)N4CC5(C)CC4CC(C)(C)C5)cc3)c2C(=O)N(CC)CC)C1. The molecule has 2 bridgehead atoms. The molecule has 3 aliphatic rings. The van der Waals surface area contributed by atoms with E-state index in [-0.39, 0.29) is 39.8 Å². The van der Waals surface area contributed by atoms with E-state index in [4.69, 9.17) is 4.74 Å². The van der Waals surface area contributed by atoms with Gasteiger partial charge in [-0.2, -0.15) is 4.31 Å². The van der Waals surface area contributed by atoms with Gasteiger partial charge < -0.3 is 19.9 Å². The first-order valence-corrected chi connectivity index (χ1v) is 17.8. The minimum absolute atomic E-state index is 0.0249. The highest BCUT2D eigenvalue weighted by Crippen LogP contribution is 2.53. The molecule has 1 aromatic heterocycles. The first-order chi connectivity index (χ1) is 20.7. The lowest BCUT2D eigenvalue weighted by molar-refractivity contribution is 0.0772. The van der Waals surface area contributed by atoms with Crippen LogP contribution < -0.4 is 5.32 Å². The normalized spacial score (nSPS) is 22.8. The fraction of sp³-hybridized carbons (Fsp3) is 0.594. The van der Waals surface area contributed by atoms with Crippen molar-refractivity contribution in [3.05, 3.63) is 45.8 Å². The van der Waals surface area contributed by atoms with Crippen LogP contribution in [0.2, 0.25) is 0 Å². The monoisotopic (exact) mass is 644 g/mol. The Balaban J connectivity index is 1.38. The highest BCUT2D eigenvalue weighted by molar-refractivity contribution is 7.89. The summed E-state index contributed by atoms with van der Waals surface area (Å²) >= 11 is 1.29. The van der Waals surface area contributed by atoms with Gasteiger partial charge >= 0.3 is 6.09 Å². The lowest BCUT2D eigenvalue weighted by Gasteiger charge is -2.39. The first kappa shape index (κ1) is 32.4. The van der Waals surface area contributed by atoms with Crippen molar-refractivity contribution < 1.29 is 27.5 Å². The molecule has 5 rings (SSSR count). The number of amides is 3. The Morgan fingerprint density at radius 2 is 1.75 bits per heavy atom. The summed E-state index contributed by atoms with van der Waals surface area (Å²) in [7, 11) is -3.72. The Kier molecular flexibility index (Phi) is 8.91. The van der Waals surface area contributed by atoms with Gasteiger partial charge in [0.15, 0.2) is 0 Å². The highest BCUT2D eigenvalue weighted by atomic mass is 32.2. The van der Waals surface area contributed by atoms with Crippen LogP contribution in [0, 0.1) is 10.8 Å². The minimum atomic E-state index is -3.72. The van der Waals surface area contributed by atoms with E-state index in [0.29, 0.717) is 49.7 Å². The van der Waals surface area contributed by atoms with Gasteiger partial charge in [-0.1, -0.05) is 20.8 Å². The predicted octanol–water partition coefficient (Wildman–Crippen LogP) is 5.59. The van der Waals surface area contributed by atoms with Gasteiger partial charge in [-0.25, -0.2) is 13.2 Å². The van der Waals surface area contributed by atoms with Crippen LogP contribution in [-0.2, 0) is 27.7 Å². The third-order valence-corrected chi connectivity index (χ3v) is 12.2. The second-order valence-electron chi connectivity index (χ2n) is 13.3. The van der Waals surface area contributed by atoms with E-state index in [0.717, 1.165) is 29.7 Å². The Morgan fingerprint density at radius 1 is 1.07 bits per heavy atom. The van der Waals surface area contributed by atoms with Gasteiger partial charge in [-0.05, 0) is 87.1 Å². The van der Waals surface area contributed by atoms with E-state index in [1.165, 1.54) is 35.6 Å². The number of hydrogen-bond acceptors (Lipinski definition) is 7. The smallest absolute Gasteiger partial charge is 0.410 e. The van der Waals surface area contributed by atoms with Gasteiger partial charge in [0.05, 0.1) is 23.6 Å². The van der Waals surface area contributed by atoms with Crippen LogP contribution in [0.4, 0.5) is 9.80 Å². The molecule has 2 aromatic rings. The van der Waals surface area contributed by atoms with Crippen molar-refractivity contribution in [2.75, 3.05) is 38.1 Å². The van der Waals surface area contributed by atoms with Gasteiger partial charge in [0, 0.05) is 42.7 Å². The fourth-order valence-corrected chi connectivity index (χ4v) is 10.6. The molecule has 1 aliphatic carbocycles. The van der Waals surface area contributed by atoms with Crippen molar-refractivity contribution in [1.82, 2.24) is 14.1 Å². The van der Waals surface area contributed by atoms with Crippen molar-refractivity contribution in [2.45, 2.75) is 84.7 Å². The summed E-state index contributed by atoms with van der Waals surface area (Å²) in [6.07, 6.45) is 2.77. The highest BCUT2D eigenvalue weighted by Gasteiger charge is 2.53. The quantitative estimate of drug-likeness (QED) is 0.401. The maximum absolute atomic E-state index is 13.7. The molecule has 0 spiro atoms. The molecule has 2 atom stereocenters. The molecule has 12 heteroatoms. The topological polar surface area (TPSA) is 116 Å².